The van der Waals surface area contributed by atoms with Crippen molar-refractivity contribution in [3.63, 3.8) is 0 Å². The number of fused-ring (bicyclic) bond motifs is 6. The van der Waals surface area contributed by atoms with E-state index >= 15 is 0 Å². The highest BCUT2D eigenvalue weighted by molar-refractivity contribution is 5.89. The van der Waals surface area contributed by atoms with E-state index in [0.717, 1.165) is 5.56 Å². The second kappa shape index (κ2) is 5.39. The highest BCUT2D eigenvalue weighted by atomic mass is 14.4. The van der Waals surface area contributed by atoms with Crippen LogP contribution < -0.4 is 0 Å². The summed E-state index contributed by atoms with van der Waals surface area (Å²) < 4.78 is 0. The lowest BCUT2D eigenvalue weighted by Crippen LogP contribution is -2.17. The van der Waals surface area contributed by atoms with Crippen LogP contribution >= 0.6 is 0 Å². The first-order valence-electron chi connectivity index (χ1n) is 10.1. The van der Waals surface area contributed by atoms with Gasteiger partial charge in [0, 0.05) is 16.4 Å². The zero-order chi connectivity index (χ0) is 19.8. The Morgan fingerprint density at radius 3 is 1.68 bits per heavy atom. The van der Waals surface area contributed by atoms with Crippen molar-refractivity contribution in [1.82, 2.24) is 0 Å². The van der Waals surface area contributed by atoms with E-state index in [2.05, 4.69) is 95.0 Å². The van der Waals surface area contributed by atoms with Gasteiger partial charge in [-0.2, -0.15) is 0 Å². The van der Waals surface area contributed by atoms with E-state index < -0.39 is 0 Å². The Morgan fingerprint density at radius 2 is 1.11 bits per heavy atom. The highest BCUT2D eigenvalue weighted by Crippen LogP contribution is 2.56. The lowest BCUT2D eigenvalue weighted by atomic mass is 9.79. The third-order valence-electron chi connectivity index (χ3n) is 6.90. The van der Waals surface area contributed by atoms with Gasteiger partial charge in [0.05, 0.1) is 0 Å². The van der Waals surface area contributed by atoms with Gasteiger partial charge in [-0.15, -0.1) is 5.92 Å². The van der Waals surface area contributed by atoms with Crippen LogP contribution in [0.3, 0.4) is 0 Å². The van der Waals surface area contributed by atoms with Gasteiger partial charge >= 0.3 is 0 Å². The average molecular weight is 363 g/mol. The Bertz CT molecular complexity index is 1220. The summed E-state index contributed by atoms with van der Waals surface area (Å²) in [6, 6.07) is 18.6. The van der Waals surface area contributed by atoms with Crippen molar-refractivity contribution >= 4 is 0 Å². The Labute approximate surface area is 168 Å². The van der Waals surface area contributed by atoms with E-state index in [1.807, 2.05) is 6.92 Å². The molecule has 0 N–H and O–H groups in total. The summed E-state index contributed by atoms with van der Waals surface area (Å²) in [6.07, 6.45) is 0. The minimum atomic E-state index is -0.0112. The summed E-state index contributed by atoms with van der Waals surface area (Å²) in [5.74, 6) is 6.26. The first-order chi connectivity index (χ1) is 13.2. The Kier molecular flexibility index (Phi) is 3.34. The molecule has 0 heteroatoms. The predicted octanol–water partition coefficient (Wildman–Crippen LogP) is 6.98. The highest BCUT2D eigenvalue weighted by Gasteiger charge is 2.41. The third kappa shape index (κ3) is 2.08. The third-order valence-corrected chi connectivity index (χ3v) is 6.90. The zero-order valence-corrected chi connectivity index (χ0v) is 17.6. The van der Waals surface area contributed by atoms with E-state index in [1.165, 1.54) is 50.1 Å². The van der Waals surface area contributed by atoms with Crippen LogP contribution in [0.4, 0.5) is 0 Å². The molecule has 2 aliphatic rings. The number of benzene rings is 3. The topological polar surface area (TPSA) is 0 Å². The molecule has 28 heavy (non-hydrogen) atoms. The fourth-order valence-corrected chi connectivity index (χ4v) is 5.30. The molecule has 0 heterocycles. The molecule has 0 spiro atoms. The van der Waals surface area contributed by atoms with Gasteiger partial charge in [-0.25, -0.2) is 0 Å². The molecular formula is C28H26. The first-order valence-corrected chi connectivity index (χ1v) is 10.1. The van der Waals surface area contributed by atoms with Gasteiger partial charge < -0.3 is 0 Å². The zero-order valence-electron chi connectivity index (χ0n) is 17.6. The molecule has 0 amide bonds. The van der Waals surface area contributed by atoms with Crippen molar-refractivity contribution in [1.29, 1.82) is 0 Å². The fourth-order valence-electron chi connectivity index (χ4n) is 5.30. The summed E-state index contributed by atoms with van der Waals surface area (Å²) in [4.78, 5) is 0. The van der Waals surface area contributed by atoms with Crippen molar-refractivity contribution in [2.24, 2.45) is 0 Å². The number of hydrogen-bond donors (Lipinski definition) is 0. The molecule has 0 aromatic heterocycles. The van der Waals surface area contributed by atoms with E-state index in [1.54, 1.807) is 0 Å². The van der Waals surface area contributed by atoms with Crippen LogP contribution in [0.25, 0.3) is 22.3 Å². The van der Waals surface area contributed by atoms with Gasteiger partial charge in [0.1, 0.15) is 0 Å². The minimum Gasteiger partial charge on any atom is -0.101 e. The van der Waals surface area contributed by atoms with Gasteiger partial charge in [-0.3, -0.25) is 0 Å². The molecule has 2 aliphatic carbocycles. The van der Waals surface area contributed by atoms with Crippen LogP contribution in [0.5, 0.6) is 0 Å². The maximum atomic E-state index is 3.23. The Balaban J connectivity index is 1.80. The molecule has 0 saturated carbocycles. The SMILES string of the molecule is CC#Cc1ccc2c(c1)C(C)(C)c1cc3c(cc1-2)C(C)(C)c1cc(C)ccc1-3. The molecule has 5 rings (SSSR count). The summed E-state index contributed by atoms with van der Waals surface area (Å²) in [6.45, 7) is 13.5. The van der Waals surface area contributed by atoms with E-state index in [-0.39, 0.29) is 10.8 Å². The molecule has 3 aromatic rings. The first kappa shape index (κ1) is 17.3. The van der Waals surface area contributed by atoms with Crippen LogP contribution in [0.15, 0.2) is 48.5 Å². The number of rotatable bonds is 0. The molecule has 0 radical (unpaired) electrons. The average Bonchev–Trinajstić information content (AvgIpc) is 3.00. The molecule has 0 bridgehead atoms. The van der Waals surface area contributed by atoms with Crippen molar-refractivity contribution in [3.8, 4) is 34.1 Å². The Hall–Kier alpha value is -2.78. The van der Waals surface area contributed by atoms with Gasteiger partial charge in [-0.05, 0) is 82.6 Å². The second-order valence-electron chi connectivity index (χ2n) is 9.38. The normalized spacial score (nSPS) is 16.5. The standard InChI is InChI=1S/C28H26/c1-7-8-18-10-12-20-22-16-25-21(15-26(22)28(5,6)24(20)14-18)19-11-9-17(2)13-23(19)27(25,3)4/h9-16H,1-6H3. The predicted molar refractivity (Wildman–Crippen MR) is 119 cm³/mol. The molecule has 0 atom stereocenters. The van der Waals surface area contributed by atoms with Crippen LogP contribution in [0, 0.1) is 18.8 Å². The molecule has 3 aromatic carbocycles. The number of hydrogen-bond acceptors (Lipinski definition) is 0. The fraction of sp³-hybridized carbons (Fsp3) is 0.286. The summed E-state index contributed by atoms with van der Waals surface area (Å²) in [5, 5.41) is 0. The monoisotopic (exact) mass is 362 g/mol. The molecule has 138 valence electrons. The molecule has 0 nitrogen and oxygen atoms in total. The molecule has 0 fully saturated rings. The largest absolute Gasteiger partial charge is 0.101 e. The molecule has 0 unspecified atom stereocenters. The van der Waals surface area contributed by atoms with Crippen LogP contribution in [0.2, 0.25) is 0 Å². The molecular weight excluding hydrogens is 336 g/mol. The van der Waals surface area contributed by atoms with E-state index in [4.69, 9.17) is 0 Å². The van der Waals surface area contributed by atoms with Gasteiger partial charge in [0.25, 0.3) is 0 Å². The summed E-state index contributed by atoms with van der Waals surface area (Å²) in [5.41, 5.74) is 13.8. The van der Waals surface area contributed by atoms with Crippen LogP contribution in [-0.2, 0) is 10.8 Å². The van der Waals surface area contributed by atoms with Gasteiger partial charge in [0.15, 0.2) is 0 Å². The molecule has 0 saturated heterocycles. The molecule has 0 aliphatic heterocycles. The van der Waals surface area contributed by atoms with Crippen molar-refractivity contribution in [2.45, 2.75) is 52.4 Å². The number of aryl methyl sites for hydroxylation is 1. The second-order valence-corrected chi connectivity index (χ2v) is 9.38. The van der Waals surface area contributed by atoms with Gasteiger partial charge in [0.2, 0.25) is 0 Å². The van der Waals surface area contributed by atoms with Crippen molar-refractivity contribution in [2.75, 3.05) is 0 Å². The van der Waals surface area contributed by atoms with Gasteiger partial charge in [-0.1, -0.05) is 63.4 Å². The van der Waals surface area contributed by atoms with E-state index in [9.17, 15) is 0 Å². The quantitative estimate of drug-likeness (QED) is 0.378. The van der Waals surface area contributed by atoms with Crippen LogP contribution in [0.1, 0.15) is 68.0 Å². The maximum Gasteiger partial charge on any atom is 0.0248 e. The lowest BCUT2D eigenvalue weighted by Gasteiger charge is -2.24. The minimum absolute atomic E-state index is 0.0112. The summed E-state index contributed by atoms with van der Waals surface area (Å²) in [7, 11) is 0. The Morgan fingerprint density at radius 1 is 0.607 bits per heavy atom. The lowest BCUT2D eigenvalue weighted by molar-refractivity contribution is 0.651. The van der Waals surface area contributed by atoms with E-state index in [0.29, 0.717) is 0 Å². The smallest absolute Gasteiger partial charge is 0.0248 e. The van der Waals surface area contributed by atoms with Crippen molar-refractivity contribution < 1.29 is 0 Å². The van der Waals surface area contributed by atoms with Crippen molar-refractivity contribution in [3.05, 3.63) is 81.9 Å². The summed E-state index contributed by atoms with van der Waals surface area (Å²) >= 11 is 0. The van der Waals surface area contributed by atoms with Crippen LogP contribution in [-0.4, -0.2) is 0 Å². The maximum absolute atomic E-state index is 3.23.